The molecule has 0 saturated carbocycles. The van der Waals surface area contributed by atoms with Crippen LogP contribution in [-0.2, 0) is 28.6 Å². The van der Waals surface area contributed by atoms with Crippen molar-refractivity contribution in [3.05, 3.63) is 12.2 Å². The first-order valence-electron chi connectivity index (χ1n) is 17.2. The molecule has 0 rings (SSSR count). The smallest absolute Gasteiger partial charge is 0.306 e. The molecule has 1 atom stereocenters. The maximum absolute atomic E-state index is 12.4. The van der Waals surface area contributed by atoms with Gasteiger partial charge in [-0.3, -0.25) is 14.4 Å². The van der Waals surface area contributed by atoms with Crippen LogP contribution < -0.4 is 0 Å². The minimum atomic E-state index is -0.759. The van der Waals surface area contributed by atoms with Gasteiger partial charge in [0.15, 0.2) is 6.10 Å². The summed E-state index contributed by atoms with van der Waals surface area (Å²) in [5, 5.41) is 0. The fourth-order valence-corrected chi connectivity index (χ4v) is 4.61. The van der Waals surface area contributed by atoms with E-state index in [0.29, 0.717) is 19.3 Å². The first-order valence-corrected chi connectivity index (χ1v) is 17.2. The molecule has 240 valence electrons. The summed E-state index contributed by atoms with van der Waals surface area (Å²) in [5.74, 6) is -0.913. The van der Waals surface area contributed by atoms with E-state index in [-0.39, 0.29) is 31.1 Å². The quantitative estimate of drug-likeness (QED) is 0.0364. The second-order valence-electron chi connectivity index (χ2n) is 11.4. The van der Waals surface area contributed by atoms with Crippen LogP contribution in [0.2, 0.25) is 0 Å². The first-order chi connectivity index (χ1) is 20.0. The molecule has 0 radical (unpaired) electrons. The lowest BCUT2D eigenvalue weighted by atomic mass is 10.1. The van der Waals surface area contributed by atoms with Gasteiger partial charge in [0, 0.05) is 19.3 Å². The average molecular weight is 581 g/mol. The van der Waals surface area contributed by atoms with Crippen molar-refractivity contribution in [3.63, 3.8) is 0 Å². The SMILES string of the molecule is CCCCC/C=C\CCCCCCCC(=O)OCC(COC(=O)CCCCCCC)OC(=O)CCCCCCCC. The van der Waals surface area contributed by atoms with Gasteiger partial charge in [-0.25, -0.2) is 0 Å². The van der Waals surface area contributed by atoms with E-state index in [1.165, 1.54) is 64.2 Å². The van der Waals surface area contributed by atoms with Crippen LogP contribution in [0.3, 0.4) is 0 Å². The molecule has 1 unspecified atom stereocenters. The Morgan fingerprint density at radius 3 is 1.27 bits per heavy atom. The lowest BCUT2D eigenvalue weighted by molar-refractivity contribution is -0.167. The maximum Gasteiger partial charge on any atom is 0.306 e. The molecular formula is C35H64O6. The van der Waals surface area contributed by atoms with E-state index in [1.807, 2.05) is 0 Å². The second kappa shape index (κ2) is 31.1. The van der Waals surface area contributed by atoms with Crippen LogP contribution in [0, 0.1) is 0 Å². The van der Waals surface area contributed by atoms with E-state index in [4.69, 9.17) is 14.2 Å². The van der Waals surface area contributed by atoms with Crippen molar-refractivity contribution in [1.82, 2.24) is 0 Å². The predicted octanol–water partition coefficient (Wildman–Crippen LogP) is 9.96. The standard InChI is InChI=1S/C35H64O6/c1-4-7-10-13-15-16-17-18-19-20-23-25-28-34(37)40-31-32(30-39-33(36)27-24-21-12-9-6-3)41-35(38)29-26-22-14-11-8-5-2/h15-16,32H,4-14,17-31H2,1-3H3/b16-15-. The van der Waals surface area contributed by atoms with Crippen LogP contribution in [0.25, 0.3) is 0 Å². The minimum Gasteiger partial charge on any atom is -0.462 e. The molecule has 6 nitrogen and oxygen atoms in total. The van der Waals surface area contributed by atoms with Crippen molar-refractivity contribution < 1.29 is 28.6 Å². The number of hydrogen-bond donors (Lipinski definition) is 0. The summed E-state index contributed by atoms with van der Waals surface area (Å²) < 4.78 is 16.4. The lowest BCUT2D eigenvalue weighted by Gasteiger charge is -2.18. The maximum atomic E-state index is 12.4. The summed E-state index contributed by atoms with van der Waals surface area (Å²) in [6.07, 6.45) is 28.1. The van der Waals surface area contributed by atoms with E-state index in [2.05, 4.69) is 32.9 Å². The summed E-state index contributed by atoms with van der Waals surface area (Å²) in [6.45, 7) is 6.42. The Kier molecular flexibility index (Phi) is 29.7. The second-order valence-corrected chi connectivity index (χ2v) is 11.4. The van der Waals surface area contributed by atoms with Crippen LogP contribution in [0.5, 0.6) is 0 Å². The van der Waals surface area contributed by atoms with E-state index in [9.17, 15) is 14.4 Å². The van der Waals surface area contributed by atoms with E-state index in [0.717, 1.165) is 70.6 Å². The minimum absolute atomic E-state index is 0.0731. The number of allylic oxidation sites excluding steroid dienone is 2. The molecule has 0 amide bonds. The van der Waals surface area contributed by atoms with Crippen LogP contribution >= 0.6 is 0 Å². The number of rotatable bonds is 30. The number of esters is 3. The molecule has 0 aliphatic rings. The van der Waals surface area contributed by atoms with Crippen LogP contribution in [-0.4, -0.2) is 37.2 Å². The molecule has 0 aliphatic carbocycles. The molecule has 0 aromatic rings. The van der Waals surface area contributed by atoms with Crippen molar-refractivity contribution in [2.75, 3.05) is 13.2 Å². The Labute approximate surface area is 252 Å². The Bertz CT molecular complexity index is 645. The van der Waals surface area contributed by atoms with Gasteiger partial charge in [0.05, 0.1) is 0 Å². The zero-order chi connectivity index (χ0) is 30.2. The monoisotopic (exact) mass is 580 g/mol. The molecule has 0 aliphatic heterocycles. The Morgan fingerprint density at radius 1 is 0.463 bits per heavy atom. The molecule has 0 saturated heterocycles. The molecule has 0 fully saturated rings. The topological polar surface area (TPSA) is 78.9 Å². The molecule has 0 bridgehead atoms. The number of hydrogen-bond acceptors (Lipinski definition) is 6. The third-order valence-electron chi connectivity index (χ3n) is 7.27. The van der Waals surface area contributed by atoms with Gasteiger partial charge < -0.3 is 14.2 Å². The van der Waals surface area contributed by atoms with Gasteiger partial charge in [-0.1, -0.05) is 123 Å². The number of carbonyl (C=O) groups excluding carboxylic acids is 3. The molecular weight excluding hydrogens is 516 g/mol. The summed E-state index contributed by atoms with van der Waals surface area (Å²) in [6, 6.07) is 0. The molecule has 0 N–H and O–H groups in total. The van der Waals surface area contributed by atoms with Crippen LogP contribution in [0.1, 0.15) is 175 Å². The summed E-state index contributed by atoms with van der Waals surface area (Å²) >= 11 is 0. The van der Waals surface area contributed by atoms with Gasteiger partial charge >= 0.3 is 17.9 Å². The largest absolute Gasteiger partial charge is 0.462 e. The Balaban J connectivity index is 4.27. The Hall–Kier alpha value is -1.85. The fourth-order valence-electron chi connectivity index (χ4n) is 4.61. The van der Waals surface area contributed by atoms with Gasteiger partial charge in [0.25, 0.3) is 0 Å². The third-order valence-corrected chi connectivity index (χ3v) is 7.27. The number of ether oxygens (including phenoxy) is 3. The normalized spacial score (nSPS) is 12.0. The molecule has 0 spiro atoms. The highest BCUT2D eigenvalue weighted by molar-refractivity contribution is 5.71. The van der Waals surface area contributed by atoms with Crippen molar-refractivity contribution in [3.8, 4) is 0 Å². The van der Waals surface area contributed by atoms with Crippen molar-refractivity contribution in [2.45, 2.75) is 181 Å². The molecule has 0 aromatic carbocycles. The zero-order valence-corrected chi connectivity index (χ0v) is 27.1. The number of unbranched alkanes of at least 4 members (excludes halogenated alkanes) is 17. The molecule has 0 aromatic heterocycles. The van der Waals surface area contributed by atoms with Gasteiger partial charge in [-0.15, -0.1) is 0 Å². The lowest BCUT2D eigenvalue weighted by Crippen LogP contribution is -2.30. The van der Waals surface area contributed by atoms with Crippen molar-refractivity contribution in [1.29, 1.82) is 0 Å². The van der Waals surface area contributed by atoms with Crippen molar-refractivity contribution in [2.24, 2.45) is 0 Å². The van der Waals surface area contributed by atoms with E-state index in [1.54, 1.807) is 0 Å². The summed E-state index contributed by atoms with van der Waals surface area (Å²) in [7, 11) is 0. The molecule has 6 heteroatoms. The van der Waals surface area contributed by atoms with Gasteiger partial charge in [-0.2, -0.15) is 0 Å². The highest BCUT2D eigenvalue weighted by Gasteiger charge is 2.19. The number of carbonyl (C=O) groups is 3. The van der Waals surface area contributed by atoms with Gasteiger partial charge in [0.1, 0.15) is 13.2 Å². The van der Waals surface area contributed by atoms with Crippen LogP contribution in [0.4, 0.5) is 0 Å². The Morgan fingerprint density at radius 2 is 0.805 bits per heavy atom. The zero-order valence-electron chi connectivity index (χ0n) is 27.1. The fraction of sp³-hybridized carbons (Fsp3) is 0.857. The summed E-state index contributed by atoms with van der Waals surface area (Å²) in [4.78, 5) is 36.9. The molecule has 41 heavy (non-hydrogen) atoms. The summed E-state index contributed by atoms with van der Waals surface area (Å²) in [5.41, 5.74) is 0. The average Bonchev–Trinajstić information content (AvgIpc) is 2.96. The highest BCUT2D eigenvalue weighted by Crippen LogP contribution is 2.12. The van der Waals surface area contributed by atoms with Crippen LogP contribution in [0.15, 0.2) is 12.2 Å². The first kappa shape index (κ1) is 39.1. The predicted molar refractivity (Wildman–Crippen MR) is 169 cm³/mol. The third kappa shape index (κ3) is 29.4. The van der Waals surface area contributed by atoms with E-state index >= 15 is 0 Å². The van der Waals surface area contributed by atoms with Gasteiger partial charge in [0.2, 0.25) is 0 Å². The molecule has 0 heterocycles. The van der Waals surface area contributed by atoms with Gasteiger partial charge in [-0.05, 0) is 44.9 Å². The van der Waals surface area contributed by atoms with Crippen molar-refractivity contribution >= 4 is 17.9 Å². The van der Waals surface area contributed by atoms with E-state index < -0.39 is 6.10 Å². The highest BCUT2D eigenvalue weighted by atomic mass is 16.6.